The maximum absolute atomic E-state index is 6.05. The highest BCUT2D eigenvalue weighted by molar-refractivity contribution is 7.99. The highest BCUT2D eigenvalue weighted by Gasteiger charge is 2.24. The van der Waals surface area contributed by atoms with Gasteiger partial charge in [-0.1, -0.05) is 49.0 Å². The van der Waals surface area contributed by atoms with Crippen LogP contribution < -0.4 is 16.0 Å². The van der Waals surface area contributed by atoms with Gasteiger partial charge in [-0.05, 0) is 12.0 Å². The molecule has 0 saturated carbocycles. The lowest BCUT2D eigenvalue weighted by atomic mass is 10.2. The third-order valence-electron chi connectivity index (χ3n) is 3.30. The molecule has 21 heavy (non-hydrogen) atoms. The predicted octanol–water partition coefficient (Wildman–Crippen LogP) is 2.95. The lowest BCUT2D eigenvalue weighted by Crippen LogP contribution is -2.22. The molecule has 3 rings (SSSR count). The second-order valence-electron chi connectivity index (χ2n) is 4.96. The topological polar surface area (TPSA) is 67.1 Å². The highest BCUT2D eigenvalue weighted by atomic mass is 32.2. The number of nitrogens with one attached hydrogen (secondary N) is 1. The van der Waals surface area contributed by atoms with Crippen LogP contribution in [0.4, 0.5) is 17.3 Å². The highest BCUT2D eigenvalue weighted by Crippen LogP contribution is 2.35. The van der Waals surface area contributed by atoms with Crippen LogP contribution in [0.5, 0.6) is 0 Å². The fourth-order valence-corrected chi connectivity index (χ4v) is 2.99. The summed E-state index contributed by atoms with van der Waals surface area (Å²) in [5.41, 5.74) is 8.16. The molecule has 2 heterocycles. The summed E-state index contributed by atoms with van der Waals surface area (Å²) in [6.07, 6.45) is 1.09. The van der Waals surface area contributed by atoms with E-state index in [1.165, 1.54) is 5.56 Å². The zero-order chi connectivity index (χ0) is 14.7. The Balaban J connectivity index is 1.84. The molecule has 0 atom stereocenters. The number of nitrogens with zero attached hydrogens (tertiary/aromatic N) is 3. The number of rotatable bonds is 5. The van der Waals surface area contributed by atoms with E-state index in [0.29, 0.717) is 12.5 Å². The first-order chi connectivity index (χ1) is 10.3. The Morgan fingerprint density at radius 3 is 2.86 bits per heavy atom. The lowest BCUT2D eigenvalue weighted by Gasteiger charge is -2.17. The molecule has 1 aliphatic heterocycles. The Morgan fingerprint density at radius 2 is 2.10 bits per heavy atom. The van der Waals surface area contributed by atoms with Crippen molar-refractivity contribution < 1.29 is 0 Å². The van der Waals surface area contributed by atoms with E-state index < -0.39 is 0 Å². The second-order valence-corrected chi connectivity index (χ2v) is 6.02. The molecule has 0 spiro atoms. The largest absolute Gasteiger partial charge is 0.382 e. The fourth-order valence-electron chi connectivity index (χ4n) is 2.29. The van der Waals surface area contributed by atoms with Crippen LogP contribution in [0.2, 0.25) is 0 Å². The quantitative estimate of drug-likeness (QED) is 0.654. The summed E-state index contributed by atoms with van der Waals surface area (Å²) < 4.78 is 0. The molecule has 2 aromatic rings. The van der Waals surface area contributed by atoms with Crippen LogP contribution in [0.3, 0.4) is 0 Å². The normalized spacial score (nSPS) is 13.1. The smallest absolute Gasteiger partial charge is 0.191 e. The minimum Gasteiger partial charge on any atom is -0.382 e. The van der Waals surface area contributed by atoms with E-state index in [-0.39, 0.29) is 0 Å². The van der Waals surface area contributed by atoms with E-state index in [2.05, 4.69) is 51.4 Å². The Kier molecular flexibility index (Phi) is 4.15. The molecule has 0 unspecified atom stereocenters. The van der Waals surface area contributed by atoms with Crippen molar-refractivity contribution in [3.8, 4) is 0 Å². The fraction of sp³-hybridized carbons (Fsp3) is 0.333. The van der Waals surface area contributed by atoms with Crippen LogP contribution in [0, 0.1) is 0 Å². The Labute approximate surface area is 129 Å². The molecule has 0 amide bonds. The van der Waals surface area contributed by atoms with Gasteiger partial charge in [0.25, 0.3) is 0 Å². The summed E-state index contributed by atoms with van der Waals surface area (Å²) >= 11 is 1.65. The number of benzene rings is 1. The zero-order valence-electron chi connectivity index (χ0n) is 12.0. The van der Waals surface area contributed by atoms with Gasteiger partial charge in [-0.3, -0.25) is 0 Å². The van der Waals surface area contributed by atoms with Crippen LogP contribution in [-0.2, 0) is 6.54 Å². The van der Waals surface area contributed by atoms with E-state index >= 15 is 0 Å². The minimum absolute atomic E-state index is 0.536. The first-order valence-corrected chi connectivity index (χ1v) is 8.09. The summed E-state index contributed by atoms with van der Waals surface area (Å²) in [5, 5.41) is 4.05. The number of nitrogens with two attached hydrogens (primary N) is 1. The van der Waals surface area contributed by atoms with Crippen molar-refractivity contribution >= 4 is 29.1 Å². The van der Waals surface area contributed by atoms with E-state index in [4.69, 9.17) is 5.73 Å². The average Bonchev–Trinajstić information content (AvgIpc) is 2.90. The predicted molar refractivity (Wildman–Crippen MR) is 88.6 cm³/mol. The zero-order valence-corrected chi connectivity index (χ0v) is 12.9. The van der Waals surface area contributed by atoms with E-state index in [1.807, 2.05) is 6.07 Å². The summed E-state index contributed by atoms with van der Waals surface area (Å²) in [7, 11) is 0. The monoisotopic (exact) mass is 301 g/mol. The van der Waals surface area contributed by atoms with Gasteiger partial charge < -0.3 is 16.0 Å². The lowest BCUT2D eigenvalue weighted by molar-refractivity contribution is 0.839. The SMILES string of the molecule is CCCSc1nc(N)c2c(n1)N(Cc1ccccc1)CN2. The maximum atomic E-state index is 6.05. The van der Waals surface area contributed by atoms with Gasteiger partial charge in [-0.15, -0.1) is 0 Å². The number of hydrogen-bond acceptors (Lipinski definition) is 6. The van der Waals surface area contributed by atoms with Crippen LogP contribution in [-0.4, -0.2) is 22.4 Å². The molecule has 3 N–H and O–H groups in total. The maximum Gasteiger partial charge on any atom is 0.191 e. The van der Waals surface area contributed by atoms with Gasteiger partial charge in [-0.2, -0.15) is 0 Å². The number of fused-ring (bicyclic) bond motifs is 1. The van der Waals surface area contributed by atoms with Crippen molar-refractivity contribution in [3.63, 3.8) is 0 Å². The molecular formula is C15H19N5S. The molecule has 0 saturated heterocycles. The van der Waals surface area contributed by atoms with Crippen LogP contribution >= 0.6 is 11.8 Å². The van der Waals surface area contributed by atoms with Gasteiger partial charge in [0.05, 0.1) is 6.67 Å². The Hall–Kier alpha value is -1.95. The summed E-state index contributed by atoms with van der Waals surface area (Å²) in [5.74, 6) is 2.45. The molecule has 0 radical (unpaired) electrons. The Morgan fingerprint density at radius 1 is 1.29 bits per heavy atom. The van der Waals surface area contributed by atoms with Crippen molar-refractivity contribution in [1.82, 2.24) is 9.97 Å². The molecule has 0 fully saturated rings. The van der Waals surface area contributed by atoms with Crippen molar-refractivity contribution in [3.05, 3.63) is 35.9 Å². The second kappa shape index (κ2) is 6.22. The summed E-state index contributed by atoms with van der Waals surface area (Å²) in [6.45, 7) is 3.67. The standard InChI is InChI=1S/C15H19N5S/c1-2-8-21-15-18-13(16)12-14(19-15)20(10-17-12)9-11-6-4-3-5-7-11/h3-7,17H,2,8-10H2,1H3,(H2,16,18,19). The molecular weight excluding hydrogens is 282 g/mol. The molecule has 5 nitrogen and oxygen atoms in total. The summed E-state index contributed by atoms with van der Waals surface area (Å²) in [6, 6.07) is 10.4. The van der Waals surface area contributed by atoms with Crippen molar-refractivity contribution in [2.75, 3.05) is 28.4 Å². The number of thioether (sulfide) groups is 1. The van der Waals surface area contributed by atoms with Gasteiger partial charge in [0, 0.05) is 12.3 Å². The van der Waals surface area contributed by atoms with Crippen LogP contribution in [0.1, 0.15) is 18.9 Å². The molecule has 1 aromatic carbocycles. The third-order valence-corrected chi connectivity index (χ3v) is 4.35. The van der Waals surface area contributed by atoms with Gasteiger partial charge >= 0.3 is 0 Å². The average molecular weight is 301 g/mol. The van der Waals surface area contributed by atoms with Crippen LogP contribution in [0.25, 0.3) is 0 Å². The van der Waals surface area contributed by atoms with Gasteiger partial charge in [0.1, 0.15) is 5.69 Å². The van der Waals surface area contributed by atoms with E-state index in [0.717, 1.165) is 35.4 Å². The van der Waals surface area contributed by atoms with Gasteiger partial charge in [0.15, 0.2) is 16.8 Å². The van der Waals surface area contributed by atoms with Crippen molar-refractivity contribution in [1.29, 1.82) is 0 Å². The molecule has 1 aromatic heterocycles. The first kappa shape index (κ1) is 14.0. The number of hydrogen-bond donors (Lipinski definition) is 2. The van der Waals surface area contributed by atoms with E-state index in [1.54, 1.807) is 11.8 Å². The number of aromatic nitrogens is 2. The molecule has 110 valence electrons. The van der Waals surface area contributed by atoms with Crippen molar-refractivity contribution in [2.24, 2.45) is 0 Å². The Bertz CT molecular complexity index is 617. The number of nitrogen functional groups attached to an aromatic ring is 1. The van der Waals surface area contributed by atoms with Crippen LogP contribution in [0.15, 0.2) is 35.5 Å². The molecule has 0 aliphatic carbocycles. The minimum atomic E-state index is 0.536. The molecule has 1 aliphatic rings. The van der Waals surface area contributed by atoms with Crippen molar-refractivity contribution in [2.45, 2.75) is 25.0 Å². The third kappa shape index (κ3) is 3.05. The number of anilines is 3. The first-order valence-electron chi connectivity index (χ1n) is 7.11. The van der Waals surface area contributed by atoms with Gasteiger partial charge in [0.2, 0.25) is 0 Å². The van der Waals surface area contributed by atoms with E-state index in [9.17, 15) is 0 Å². The molecule has 0 bridgehead atoms. The molecule has 6 heteroatoms. The van der Waals surface area contributed by atoms with Gasteiger partial charge in [-0.25, -0.2) is 9.97 Å². The summed E-state index contributed by atoms with van der Waals surface area (Å²) in [4.78, 5) is 11.2.